The first-order chi connectivity index (χ1) is 14.4. The van der Waals surface area contributed by atoms with Gasteiger partial charge >= 0.3 is 6.03 Å². The molecule has 1 aliphatic heterocycles. The van der Waals surface area contributed by atoms with Crippen molar-refractivity contribution in [2.75, 3.05) is 0 Å². The Balaban J connectivity index is 1.59. The molecule has 10 nitrogen and oxygen atoms in total. The van der Waals surface area contributed by atoms with Crippen molar-refractivity contribution < 1.29 is 28.1 Å². The van der Waals surface area contributed by atoms with Crippen molar-refractivity contribution in [2.45, 2.75) is 6.54 Å². The van der Waals surface area contributed by atoms with Crippen molar-refractivity contribution in [3.63, 3.8) is 0 Å². The molecule has 1 aliphatic rings. The third kappa shape index (κ3) is 3.61. The molecule has 0 radical (unpaired) electrons. The highest BCUT2D eigenvalue weighted by atomic mass is 16.6. The predicted molar refractivity (Wildman–Crippen MR) is 102 cm³/mol. The maximum atomic E-state index is 12.7. The third-order valence-corrected chi connectivity index (χ3v) is 4.36. The minimum Gasteiger partial charge on any atom is -0.467 e. The molecule has 3 aromatic rings. The number of furan rings is 2. The number of non-ortho nitro benzene ring substituents is 1. The molecule has 1 saturated heterocycles. The van der Waals surface area contributed by atoms with E-state index >= 15 is 0 Å². The Hall–Kier alpha value is -4.47. The first-order valence-electron chi connectivity index (χ1n) is 8.68. The van der Waals surface area contributed by atoms with Gasteiger partial charge in [-0.25, -0.2) is 4.79 Å². The number of imide groups is 2. The van der Waals surface area contributed by atoms with Crippen LogP contribution in [-0.4, -0.2) is 27.7 Å². The van der Waals surface area contributed by atoms with Crippen LogP contribution in [-0.2, 0) is 16.1 Å². The Kier molecular flexibility index (Phi) is 4.72. The molecule has 150 valence electrons. The van der Waals surface area contributed by atoms with E-state index in [0.717, 1.165) is 4.90 Å². The number of rotatable bonds is 5. The number of carbonyl (C=O) groups is 3. The van der Waals surface area contributed by atoms with Crippen LogP contribution in [0.4, 0.5) is 10.5 Å². The highest BCUT2D eigenvalue weighted by Gasteiger charge is 2.36. The summed E-state index contributed by atoms with van der Waals surface area (Å²) in [5.74, 6) is -0.647. The zero-order chi connectivity index (χ0) is 21.3. The second-order valence-corrected chi connectivity index (χ2v) is 6.29. The van der Waals surface area contributed by atoms with Crippen LogP contribution < -0.4 is 5.32 Å². The molecule has 0 spiro atoms. The second kappa shape index (κ2) is 7.51. The summed E-state index contributed by atoms with van der Waals surface area (Å²) < 4.78 is 10.8. The fourth-order valence-corrected chi connectivity index (χ4v) is 2.87. The van der Waals surface area contributed by atoms with E-state index in [4.69, 9.17) is 8.83 Å². The molecule has 1 aromatic carbocycles. The van der Waals surface area contributed by atoms with Gasteiger partial charge in [0.15, 0.2) is 0 Å². The lowest BCUT2D eigenvalue weighted by Crippen LogP contribution is -2.53. The van der Waals surface area contributed by atoms with Gasteiger partial charge in [-0.2, -0.15) is 0 Å². The van der Waals surface area contributed by atoms with Gasteiger partial charge in [0, 0.05) is 17.7 Å². The predicted octanol–water partition coefficient (Wildman–Crippen LogP) is 3.11. The molecular weight excluding hydrogens is 394 g/mol. The van der Waals surface area contributed by atoms with Crippen molar-refractivity contribution >= 4 is 29.6 Å². The Labute approximate surface area is 168 Å². The van der Waals surface area contributed by atoms with Crippen LogP contribution in [0.3, 0.4) is 0 Å². The van der Waals surface area contributed by atoms with Crippen LogP contribution in [0.5, 0.6) is 0 Å². The molecule has 2 aromatic heterocycles. The van der Waals surface area contributed by atoms with Gasteiger partial charge in [-0.05, 0) is 42.5 Å². The van der Waals surface area contributed by atoms with Crippen LogP contribution in [0.25, 0.3) is 17.4 Å². The SMILES string of the molecule is O=C1NC(=O)N(Cc2ccco2)C(=O)C1=Cc1ccc(-c2ccc([N+](=O)[O-])cc2)o1. The lowest BCUT2D eigenvalue weighted by molar-refractivity contribution is -0.384. The van der Waals surface area contributed by atoms with Gasteiger partial charge in [-0.1, -0.05) is 0 Å². The number of hydrogen-bond donors (Lipinski definition) is 1. The highest BCUT2D eigenvalue weighted by Crippen LogP contribution is 2.26. The van der Waals surface area contributed by atoms with Crippen LogP contribution in [0, 0.1) is 10.1 Å². The molecule has 30 heavy (non-hydrogen) atoms. The smallest absolute Gasteiger partial charge is 0.331 e. The maximum Gasteiger partial charge on any atom is 0.331 e. The fourth-order valence-electron chi connectivity index (χ4n) is 2.87. The van der Waals surface area contributed by atoms with E-state index in [2.05, 4.69) is 5.32 Å². The van der Waals surface area contributed by atoms with E-state index in [0.29, 0.717) is 17.1 Å². The maximum absolute atomic E-state index is 12.7. The molecule has 3 heterocycles. The number of amides is 4. The average Bonchev–Trinajstić information content (AvgIpc) is 3.40. The summed E-state index contributed by atoms with van der Waals surface area (Å²) in [6.07, 6.45) is 2.64. The number of urea groups is 1. The quantitative estimate of drug-likeness (QED) is 0.297. The van der Waals surface area contributed by atoms with E-state index in [1.807, 2.05) is 0 Å². The number of benzene rings is 1. The minimum absolute atomic E-state index is 0.0570. The number of nitro benzene ring substituents is 1. The van der Waals surface area contributed by atoms with Gasteiger partial charge in [0.25, 0.3) is 17.5 Å². The minimum atomic E-state index is -0.843. The molecule has 10 heteroatoms. The fraction of sp³-hybridized carbons (Fsp3) is 0.0500. The number of hydrogen-bond acceptors (Lipinski definition) is 7. The summed E-state index contributed by atoms with van der Waals surface area (Å²) in [6.45, 7) is -0.130. The summed E-state index contributed by atoms with van der Waals surface area (Å²) >= 11 is 0. The summed E-state index contributed by atoms with van der Waals surface area (Å²) in [6, 6.07) is 11.2. The van der Waals surface area contributed by atoms with Crippen LogP contribution in [0.15, 0.2) is 69.2 Å². The first-order valence-corrected chi connectivity index (χ1v) is 8.68. The van der Waals surface area contributed by atoms with Gasteiger partial charge in [0.1, 0.15) is 22.9 Å². The van der Waals surface area contributed by atoms with E-state index < -0.39 is 22.8 Å². The molecular formula is C20H13N3O7. The van der Waals surface area contributed by atoms with Crippen molar-refractivity contribution in [1.82, 2.24) is 10.2 Å². The summed E-state index contributed by atoms with van der Waals surface area (Å²) in [5.41, 5.74) is 0.253. The first kappa shape index (κ1) is 18.9. The van der Waals surface area contributed by atoms with Crippen molar-refractivity contribution in [1.29, 1.82) is 0 Å². The van der Waals surface area contributed by atoms with Crippen molar-refractivity contribution in [3.05, 3.63) is 82.0 Å². The van der Waals surface area contributed by atoms with E-state index in [1.54, 1.807) is 18.2 Å². The molecule has 4 rings (SSSR count). The number of nitrogens with zero attached hydrogens (tertiary/aromatic N) is 2. The lowest BCUT2D eigenvalue weighted by Gasteiger charge is -2.25. The molecule has 1 fully saturated rings. The molecule has 0 unspecified atom stereocenters. The Morgan fingerprint density at radius 1 is 1.07 bits per heavy atom. The van der Waals surface area contributed by atoms with E-state index in [-0.39, 0.29) is 23.6 Å². The number of barbiturate groups is 1. The van der Waals surface area contributed by atoms with E-state index in [1.165, 1.54) is 42.7 Å². The van der Waals surface area contributed by atoms with Gasteiger partial charge in [-0.3, -0.25) is 29.9 Å². The molecule has 4 amide bonds. The highest BCUT2D eigenvalue weighted by molar-refractivity contribution is 6.30. The monoisotopic (exact) mass is 407 g/mol. The van der Waals surface area contributed by atoms with E-state index in [9.17, 15) is 24.5 Å². The lowest BCUT2D eigenvalue weighted by atomic mass is 10.1. The Morgan fingerprint density at radius 3 is 2.50 bits per heavy atom. The molecule has 0 aliphatic carbocycles. The van der Waals surface area contributed by atoms with Crippen molar-refractivity contribution in [3.8, 4) is 11.3 Å². The van der Waals surface area contributed by atoms with Gasteiger partial charge in [0.05, 0.1) is 17.7 Å². The summed E-state index contributed by atoms with van der Waals surface area (Å²) in [7, 11) is 0. The van der Waals surface area contributed by atoms with Gasteiger partial charge in [0.2, 0.25) is 0 Å². The molecule has 0 saturated carbocycles. The number of nitro groups is 1. The molecule has 1 N–H and O–H groups in total. The zero-order valence-electron chi connectivity index (χ0n) is 15.2. The standard InChI is InChI=1S/C20H13N3O7/c24-18-16(19(25)22(20(26)21-18)11-15-2-1-9-29-15)10-14-7-8-17(30-14)12-3-5-13(6-4-12)23(27)28/h1-10H,11H2,(H,21,24,26). The molecule has 0 bridgehead atoms. The average molecular weight is 407 g/mol. The summed E-state index contributed by atoms with van der Waals surface area (Å²) in [5, 5.41) is 12.9. The normalized spacial score (nSPS) is 15.5. The largest absolute Gasteiger partial charge is 0.467 e. The second-order valence-electron chi connectivity index (χ2n) is 6.29. The third-order valence-electron chi connectivity index (χ3n) is 4.36. The van der Waals surface area contributed by atoms with Crippen LogP contribution >= 0.6 is 0 Å². The molecule has 0 atom stereocenters. The number of carbonyl (C=O) groups excluding carboxylic acids is 3. The summed E-state index contributed by atoms with van der Waals surface area (Å²) in [4.78, 5) is 48.0. The van der Waals surface area contributed by atoms with Gasteiger partial charge < -0.3 is 8.83 Å². The Bertz CT molecular complexity index is 1170. The number of nitrogens with one attached hydrogen (secondary N) is 1. The van der Waals surface area contributed by atoms with Gasteiger partial charge in [-0.15, -0.1) is 0 Å². The van der Waals surface area contributed by atoms with Crippen LogP contribution in [0.2, 0.25) is 0 Å². The zero-order valence-corrected chi connectivity index (χ0v) is 15.2. The topological polar surface area (TPSA) is 136 Å². The Morgan fingerprint density at radius 2 is 1.83 bits per heavy atom. The van der Waals surface area contributed by atoms with Crippen LogP contribution in [0.1, 0.15) is 11.5 Å². The van der Waals surface area contributed by atoms with Crippen molar-refractivity contribution in [2.24, 2.45) is 0 Å².